The SMILES string of the molecule is CC(CC1COCCN1)Nc1cc(Br)ccc1Br. The summed E-state index contributed by atoms with van der Waals surface area (Å²) < 4.78 is 7.64. The van der Waals surface area contributed by atoms with Gasteiger partial charge >= 0.3 is 0 Å². The fourth-order valence-electron chi connectivity index (χ4n) is 2.13. The molecule has 18 heavy (non-hydrogen) atoms. The Bertz CT molecular complexity index is 395. The molecule has 1 aromatic rings. The molecule has 1 saturated heterocycles. The van der Waals surface area contributed by atoms with Crippen LogP contribution in [0.5, 0.6) is 0 Å². The Morgan fingerprint density at radius 2 is 2.33 bits per heavy atom. The van der Waals surface area contributed by atoms with Crippen LogP contribution < -0.4 is 10.6 Å². The minimum absolute atomic E-state index is 0.398. The molecular weight excluding hydrogens is 360 g/mol. The van der Waals surface area contributed by atoms with E-state index in [4.69, 9.17) is 4.74 Å². The van der Waals surface area contributed by atoms with E-state index in [1.807, 2.05) is 12.1 Å². The zero-order valence-electron chi connectivity index (χ0n) is 10.4. The second kappa shape index (κ2) is 6.89. The van der Waals surface area contributed by atoms with Crippen molar-refractivity contribution in [3.63, 3.8) is 0 Å². The number of nitrogens with one attached hydrogen (secondary N) is 2. The number of anilines is 1. The van der Waals surface area contributed by atoms with Crippen molar-refractivity contribution in [2.45, 2.75) is 25.4 Å². The lowest BCUT2D eigenvalue weighted by Crippen LogP contribution is -2.43. The first-order valence-corrected chi connectivity index (χ1v) is 7.76. The summed E-state index contributed by atoms with van der Waals surface area (Å²) in [5.41, 5.74) is 1.12. The molecule has 0 amide bonds. The maximum atomic E-state index is 5.47. The molecule has 3 nitrogen and oxygen atoms in total. The second-order valence-corrected chi connectivity index (χ2v) is 6.40. The molecule has 2 unspecified atom stereocenters. The maximum absolute atomic E-state index is 5.47. The highest BCUT2D eigenvalue weighted by Crippen LogP contribution is 2.27. The molecule has 0 saturated carbocycles. The van der Waals surface area contributed by atoms with Crippen LogP contribution in [-0.2, 0) is 4.74 Å². The lowest BCUT2D eigenvalue weighted by molar-refractivity contribution is 0.0731. The van der Waals surface area contributed by atoms with Gasteiger partial charge < -0.3 is 15.4 Å². The summed E-state index contributed by atoms with van der Waals surface area (Å²) in [5, 5.41) is 7.00. The van der Waals surface area contributed by atoms with E-state index in [0.717, 1.165) is 40.8 Å². The average molecular weight is 378 g/mol. The van der Waals surface area contributed by atoms with Gasteiger partial charge in [0, 0.05) is 33.3 Å². The number of hydrogen-bond donors (Lipinski definition) is 2. The standard InChI is InChI=1S/C13H18Br2N2O/c1-9(6-11-8-18-5-4-16-11)17-13-7-10(14)2-3-12(13)15/h2-3,7,9,11,16-17H,4-6,8H2,1H3. The van der Waals surface area contributed by atoms with Crippen LogP contribution in [0.25, 0.3) is 0 Å². The van der Waals surface area contributed by atoms with Crippen LogP contribution >= 0.6 is 31.9 Å². The van der Waals surface area contributed by atoms with Crippen molar-refractivity contribution >= 4 is 37.5 Å². The van der Waals surface area contributed by atoms with Gasteiger partial charge in [0.1, 0.15) is 0 Å². The quantitative estimate of drug-likeness (QED) is 0.843. The Labute approximate surface area is 125 Å². The molecule has 0 radical (unpaired) electrons. The lowest BCUT2D eigenvalue weighted by Gasteiger charge is -2.27. The molecular formula is C13H18Br2N2O. The Morgan fingerprint density at radius 3 is 3.06 bits per heavy atom. The third kappa shape index (κ3) is 4.23. The molecule has 1 aliphatic rings. The van der Waals surface area contributed by atoms with Gasteiger partial charge in [-0.2, -0.15) is 0 Å². The number of benzene rings is 1. The molecule has 5 heteroatoms. The number of ether oxygens (including phenoxy) is 1. The van der Waals surface area contributed by atoms with Crippen molar-refractivity contribution < 1.29 is 4.74 Å². The van der Waals surface area contributed by atoms with Crippen LogP contribution in [0.15, 0.2) is 27.1 Å². The second-order valence-electron chi connectivity index (χ2n) is 4.63. The summed E-state index contributed by atoms with van der Waals surface area (Å²) in [5.74, 6) is 0. The van der Waals surface area contributed by atoms with Crippen LogP contribution in [0.3, 0.4) is 0 Å². The monoisotopic (exact) mass is 376 g/mol. The van der Waals surface area contributed by atoms with E-state index in [2.05, 4.69) is 55.5 Å². The maximum Gasteiger partial charge on any atom is 0.0621 e. The van der Waals surface area contributed by atoms with E-state index in [0.29, 0.717) is 12.1 Å². The van der Waals surface area contributed by atoms with Gasteiger partial charge in [0.15, 0.2) is 0 Å². The smallest absolute Gasteiger partial charge is 0.0621 e. The summed E-state index contributed by atoms with van der Waals surface area (Å²) in [6.45, 7) is 4.79. The van der Waals surface area contributed by atoms with Crippen molar-refractivity contribution in [3.05, 3.63) is 27.1 Å². The van der Waals surface area contributed by atoms with E-state index in [1.54, 1.807) is 0 Å². The first-order valence-electron chi connectivity index (χ1n) is 6.18. The van der Waals surface area contributed by atoms with E-state index >= 15 is 0 Å². The number of halogens is 2. The van der Waals surface area contributed by atoms with Crippen molar-refractivity contribution in [1.82, 2.24) is 5.32 Å². The Kier molecular flexibility index (Phi) is 5.48. The van der Waals surface area contributed by atoms with Gasteiger partial charge in [0.25, 0.3) is 0 Å². The van der Waals surface area contributed by atoms with E-state index < -0.39 is 0 Å². The van der Waals surface area contributed by atoms with Crippen molar-refractivity contribution in [1.29, 1.82) is 0 Å². The van der Waals surface area contributed by atoms with Crippen molar-refractivity contribution in [3.8, 4) is 0 Å². The molecule has 1 aromatic carbocycles. The third-order valence-electron chi connectivity index (χ3n) is 2.97. The van der Waals surface area contributed by atoms with Crippen LogP contribution in [0.2, 0.25) is 0 Å². The molecule has 1 heterocycles. The van der Waals surface area contributed by atoms with Crippen LogP contribution in [0, 0.1) is 0 Å². The average Bonchev–Trinajstić information content (AvgIpc) is 2.35. The topological polar surface area (TPSA) is 33.3 Å². The molecule has 0 aromatic heterocycles. The van der Waals surface area contributed by atoms with Crippen molar-refractivity contribution in [2.75, 3.05) is 25.1 Å². The molecule has 0 spiro atoms. The first kappa shape index (κ1) is 14.3. The number of rotatable bonds is 4. The molecule has 2 N–H and O–H groups in total. The predicted octanol–water partition coefficient (Wildman–Crippen LogP) is 3.39. The lowest BCUT2D eigenvalue weighted by atomic mass is 10.1. The van der Waals surface area contributed by atoms with Gasteiger partial charge in [0.2, 0.25) is 0 Å². The zero-order valence-corrected chi connectivity index (χ0v) is 13.6. The molecule has 0 aliphatic carbocycles. The molecule has 0 bridgehead atoms. The summed E-state index contributed by atoms with van der Waals surface area (Å²) >= 11 is 7.05. The first-order chi connectivity index (χ1) is 8.65. The largest absolute Gasteiger partial charge is 0.382 e. The van der Waals surface area contributed by atoms with Gasteiger partial charge in [-0.3, -0.25) is 0 Å². The molecule has 2 rings (SSSR count). The minimum atomic E-state index is 0.398. The summed E-state index contributed by atoms with van der Waals surface area (Å²) in [6, 6.07) is 7.00. The highest BCUT2D eigenvalue weighted by atomic mass is 79.9. The molecule has 2 atom stereocenters. The van der Waals surface area contributed by atoms with Gasteiger partial charge in [0.05, 0.1) is 13.2 Å². The third-order valence-corrected chi connectivity index (χ3v) is 4.15. The Morgan fingerprint density at radius 1 is 1.50 bits per heavy atom. The fraction of sp³-hybridized carbons (Fsp3) is 0.538. The highest BCUT2D eigenvalue weighted by Gasteiger charge is 2.16. The van der Waals surface area contributed by atoms with Gasteiger partial charge in [-0.15, -0.1) is 0 Å². The molecule has 1 fully saturated rings. The van der Waals surface area contributed by atoms with E-state index in [-0.39, 0.29) is 0 Å². The van der Waals surface area contributed by atoms with Crippen LogP contribution in [0.1, 0.15) is 13.3 Å². The Balaban J connectivity index is 1.89. The zero-order chi connectivity index (χ0) is 13.0. The summed E-state index contributed by atoms with van der Waals surface area (Å²) in [7, 11) is 0. The highest BCUT2D eigenvalue weighted by molar-refractivity contribution is 9.11. The normalized spacial score (nSPS) is 21.6. The van der Waals surface area contributed by atoms with Gasteiger partial charge in [-0.1, -0.05) is 15.9 Å². The van der Waals surface area contributed by atoms with E-state index in [9.17, 15) is 0 Å². The summed E-state index contributed by atoms with van der Waals surface area (Å²) in [6.07, 6.45) is 1.05. The minimum Gasteiger partial charge on any atom is -0.382 e. The van der Waals surface area contributed by atoms with E-state index in [1.165, 1.54) is 0 Å². The van der Waals surface area contributed by atoms with Crippen LogP contribution in [-0.4, -0.2) is 31.8 Å². The molecule has 1 aliphatic heterocycles. The number of morpholine rings is 1. The van der Waals surface area contributed by atoms with Gasteiger partial charge in [-0.05, 0) is 47.5 Å². The van der Waals surface area contributed by atoms with Crippen molar-refractivity contribution in [2.24, 2.45) is 0 Å². The van der Waals surface area contributed by atoms with Gasteiger partial charge in [-0.25, -0.2) is 0 Å². The Hall–Kier alpha value is -0.100. The predicted molar refractivity (Wildman–Crippen MR) is 82.2 cm³/mol. The summed E-state index contributed by atoms with van der Waals surface area (Å²) in [4.78, 5) is 0. The molecule has 100 valence electrons. The fourth-order valence-corrected chi connectivity index (χ4v) is 2.85. The van der Waals surface area contributed by atoms with Crippen LogP contribution in [0.4, 0.5) is 5.69 Å². The number of hydrogen-bond acceptors (Lipinski definition) is 3.